The van der Waals surface area contributed by atoms with Gasteiger partial charge in [-0.2, -0.15) is 0 Å². The number of rotatable bonds is 3. The van der Waals surface area contributed by atoms with E-state index in [0.29, 0.717) is 12.1 Å². The molecule has 1 rings (SSSR count). The Balaban J connectivity index is 2.60. The molecule has 0 spiro atoms. The molecule has 1 fully saturated rings. The van der Waals surface area contributed by atoms with Gasteiger partial charge in [0, 0.05) is 26.3 Å². The van der Waals surface area contributed by atoms with Gasteiger partial charge in [0.2, 0.25) is 0 Å². The fourth-order valence-electron chi connectivity index (χ4n) is 2.20. The second kappa shape index (κ2) is 5.10. The first-order valence-corrected chi connectivity index (χ1v) is 6.49. The number of hydrogen-bond acceptors (Lipinski definition) is 3. The van der Waals surface area contributed by atoms with Crippen LogP contribution in [0.15, 0.2) is 0 Å². The fourth-order valence-corrected chi connectivity index (χ4v) is 4.01. The molecule has 0 N–H and O–H groups in total. The van der Waals surface area contributed by atoms with Crippen molar-refractivity contribution in [3.05, 3.63) is 0 Å². The van der Waals surface area contributed by atoms with Gasteiger partial charge in [0.1, 0.15) is 0 Å². The van der Waals surface area contributed by atoms with E-state index in [1.54, 1.807) is 14.2 Å². The van der Waals surface area contributed by atoms with Gasteiger partial charge in [-0.3, -0.25) is 4.57 Å². The second-order valence-corrected chi connectivity index (χ2v) is 6.01. The monoisotopic (exact) mass is 203 g/mol. The summed E-state index contributed by atoms with van der Waals surface area (Å²) in [5, 5.41) is 0. The minimum absolute atomic E-state index is 0.625. The van der Waals surface area contributed by atoms with Crippen LogP contribution >= 0.6 is 0 Å². The zero-order valence-electron chi connectivity index (χ0n) is 9.12. The van der Waals surface area contributed by atoms with E-state index in [9.17, 15) is 0 Å². The molecule has 1 aliphatic rings. The summed E-state index contributed by atoms with van der Waals surface area (Å²) in [4.78, 5) is 0. The molecule has 1 aliphatic heterocycles. The lowest BCUT2D eigenvalue weighted by Gasteiger charge is -2.41. The molecule has 0 amide bonds. The Labute approximate surface area is 82.9 Å². The van der Waals surface area contributed by atoms with Crippen molar-refractivity contribution in [2.75, 3.05) is 14.2 Å². The van der Waals surface area contributed by atoms with Crippen LogP contribution in [0, 0.1) is 0 Å². The highest BCUT2D eigenvalue weighted by Gasteiger charge is 2.33. The maximum Gasteiger partial charge on any atom is 0.410 e. The summed E-state index contributed by atoms with van der Waals surface area (Å²) in [5.41, 5.74) is 0. The van der Waals surface area contributed by atoms with E-state index in [1.165, 1.54) is 19.3 Å². The lowest BCUT2D eigenvalue weighted by Crippen LogP contribution is -2.54. The molecule has 0 aromatic carbocycles. The van der Waals surface area contributed by atoms with Crippen molar-refractivity contribution in [3.8, 4) is 0 Å². The van der Waals surface area contributed by atoms with Gasteiger partial charge in [0.05, 0.1) is 0 Å². The first kappa shape index (κ1) is 11.2. The van der Waals surface area contributed by atoms with E-state index < -0.39 is 9.45 Å². The topological polar surface area (TPSA) is 21.7 Å². The van der Waals surface area contributed by atoms with Crippen LogP contribution < -0.4 is 0 Å². The van der Waals surface area contributed by atoms with Gasteiger partial charge in [-0.25, -0.2) is 0 Å². The van der Waals surface area contributed by atoms with Crippen molar-refractivity contribution in [1.29, 1.82) is 0 Å². The lowest BCUT2D eigenvalue weighted by atomic mass is 10.0. The van der Waals surface area contributed by atoms with Crippen molar-refractivity contribution in [2.24, 2.45) is 0 Å². The lowest BCUT2D eigenvalue weighted by molar-refractivity contribution is 0.114. The van der Waals surface area contributed by atoms with E-state index in [2.05, 4.69) is 18.4 Å². The third kappa shape index (κ3) is 2.53. The molecule has 4 heteroatoms. The van der Waals surface area contributed by atoms with Crippen molar-refractivity contribution >= 4 is 9.45 Å². The molecule has 3 nitrogen and oxygen atoms in total. The van der Waals surface area contributed by atoms with Crippen LogP contribution in [0.25, 0.3) is 0 Å². The predicted octanol–water partition coefficient (Wildman–Crippen LogP) is 1.26. The largest absolute Gasteiger partial charge is 0.410 e. The van der Waals surface area contributed by atoms with Crippen molar-refractivity contribution in [3.63, 3.8) is 0 Å². The summed E-state index contributed by atoms with van der Waals surface area (Å²) in [6, 6.07) is 1.25. The molecule has 78 valence electrons. The Morgan fingerprint density at radius 1 is 1.08 bits per heavy atom. The van der Waals surface area contributed by atoms with Crippen LogP contribution in [0.2, 0.25) is 0 Å². The molecular formula is C9H21NO2Si. The molecule has 0 aromatic rings. The number of nitrogens with zero attached hydrogens (tertiary/aromatic N) is 1. The Morgan fingerprint density at radius 3 is 1.92 bits per heavy atom. The molecule has 1 heterocycles. The Hall–Kier alpha value is 0.0969. The van der Waals surface area contributed by atoms with Crippen LogP contribution in [-0.4, -0.2) is 40.3 Å². The summed E-state index contributed by atoms with van der Waals surface area (Å²) in [6.07, 6.45) is 3.90. The molecule has 13 heavy (non-hydrogen) atoms. The van der Waals surface area contributed by atoms with E-state index in [4.69, 9.17) is 8.85 Å². The summed E-state index contributed by atoms with van der Waals surface area (Å²) >= 11 is 0. The molecular weight excluding hydrogens is 182 g/mol. The average Bonchev–Trinajstić information content (AvgIpc) is 2.11. The molecule has 0 radical (unpaired) electrons. The highest BCUT2D eigenvalue weighted by Crippen LogP contribution is 2.23. The summed E-state index contributed by atoms with van der Waals surface area (Å²) in [6.45, 7) is 4.54. The average molecular weight is 203 g/mol. The minimum atomic E-state index is -1.56. The van der Waals surface area contributed by atoms with Gasteiger partial charge in [-0.1, -0.05) is 20.3 Å². The van der Waals surface area contributed by atoms with Crippen molar-refractivity contribution < 1.29 is 8.85 Å². The smallest absolute Gasteiger partial charge is 0.388 e. The van der Waals surface area contributed by atoms with E-state index in [1.807, 2.05) is 0 Å². The van der Waals surface area contributed by atoms with Crippen LogP contribution in [0.5, 0.6) is 0 Å². The summed E-state index contributed by atoms with van der Waals surface area (Å²) in [5.74, 6) is 0. The van der Waals surface area contributed by atoms with Crippen LogP contribution in [-0.2, 0) is 8.85 Å². The quantitative estimate of drug-likeness (QED) is 0.645. The maximum absolute atomic E-state index is 5.42. The standard InChI is InChI=1S/C9H21NO2Si/c1-8-6-5-7-9(2)10(8)13(11-3)12-4/h8-9,13H,5-7H2,1-4H3/t8-,9-/m0/s1. The Kier molecular flexibility index (Phi) is 4.38. The van der Waals surface area contributed by atoms with Gasteiger partial charge in [-0.05, 0) is 12.8 Å². The fraction of sp³-hybridized carbons (Fsp3) is 1.00. The number of hydrogen-bond donors (Lipinski definition) is 0. The normalized spacial score (nSPS) is 31.2. The van der Waals surface area contributed by atoms with Gasteiger partial charge >= 0.3 is 9.45 Å². The highest BCUT2D eigenvalue weighted by atomic mass is 28.3. The van der Waals surface area contributed by atoms with E-state index in [-0.39, 0.29) is 0 Å². The molecule has 2 atom stereocenters. The third-order valence-corrected chi connectivity index (χ3v) is 5.22. The van der Waals surface area contributed by atoms with E-state index in [0.717, 1.165) is 0 Å². The Bertz CT molecular complexity index is 143. The zero-order valence-corrected chi connectivity index (χ0v) is 10.3. The molecule has 0 bridgehead atoms. The molecule has 0 aliphatic carbocycles. The molecule has 0 saturated carbocycles. The van der Waals surface area contributed by atoms with Crippen molar-refractivity contribution in [2.45, 2.75) is 45.2 Å². The van der Waals surface area contributed by atoms with Gasteiger partial charge in [0.15, 0.2) is 0 Å². The van der Waals surface area contributed by atoms with Gasteiger partial charge < -0.3 is 8.85 Å². The Morgan fingerprint density at radius 2 is 1.54 bits per heavy atom. The number of piperidine rings is 1. The highest BCUT2D eigenvalue weighted by molar-refractivity contribution is 6.41. The van der Waals surface area contributed by atoms with E-state index >= 15 is 0 Å². The molecule has 0 unspecified atom stereocenters. The molecule has 1 saturated heterocycles. The first-order chi connectivity index (χ1) is 6.20. The zero-order chi connectivity index (χ0) is 9.84. The summed E-state index contributed by atoms with van der Waals surface area (Å²) in [7, 11) is 1.96. The third-order valence-electron chi connectivity index (χ3n) is 2.91. The molecule has 0 aromatic heterocycles. The first-order valence-electron chi connectivity index (χ1n) is 5.03. The minimum Gasteiger partial charge on any atom is -0.388 e. The van der Waals surface area contributed by atoms with Crippen LogP contribution in [0.1, 0.15) is 33.1 Å². The SMILES string of the molecule is CO[SiH](OC)N1[C@@H](C)CCC[C@@H]1C. The summed E-state index contributed by atoms with van der Waals surface area (Å²) < 4.78 is 13.3. The van der Waals surface area contributed by atoms with Crippen LogP contribution in [0.3, 0.4) is 0 Å². The maximum atomic E-state index is 5.42. The second-order valence-electron chi connectivity index (χ2n) is 3.85. The van der Waals surface area contributed by atoms with Gasteiger partial charge in [0.25, 0.3) is 0 Å². The van der Waals surface area contributed by atoms with Gasteiger partial charge in [-0.15, -0.1) is 0 Å². The van der Waals surface area contributed by atoms with Crippen molar-refractivity contribution in [1.82, 2.24) is 4.57 Å². The van der Waals surface area contributed by atoms with Crippen LogP contribution in [0.4, 0.5) is 0 Å². The predicted molar refractivity (Wildman–Crippen MR) is 55.8 cm³/mol.